The fourth-order valence-corrected chi connectivity index (χ4v) is 5.58. The van der Waals surface area contributed by atoms with Crippen molar-refractivity contribution in [2.75, 3.05) is 42.2 Å². The fraction of sp³-hybridized carbons (Fsp3) is 0.346. The number of benzene rings is 2. The minimum absolute atomic E-state index is 0.0381. The zero-order valence-electron chi connectivity index (χ0n) is 20.3. The van der Waals surface area contributed by atoms with Gasteiger partial charge in [-0.3, -0.25) is 9.00 Å². The number of anilines is 2. The van der Waals surface area contributed by atoms with Gasteiger partial charge in [-0.05, 0) is 24.3 Å². The summed E-state index contributed by atoms with van der Waals surface area (Å²) in [6.45, 7) is 1.27. The van der Waals surface area contributed by atoms with Crippen LogP contribution in [0.3, 0.4) is 0 Å². The normalized spacial score (nSPS) is 18.8. The molecule has 0 aliphatic carbocycles. The molecule has 0 radical (unpaired) electrons. The van der Waals surface area contributed by atoms with Gasteiger partial charge < -0.3 is 19.8 Å². The van der Waals surface area contributed by atoms with Crippen molar-refractivity contribution in [3.05, 3.63) is 53.7 Å². The summed E-state index contributed by atoms with van der Waals surface area (Å²) in [7, 11) is -1.54. The van der Waals surface area contributed by atoms with Crippen molar-refractivity contribution in [1.82, 2.24) is 14.9 Å². The molecule has 0 spiro atoms. The van der Waals surface area contributed by atoms with E-state index in [0.717, 1.165) is 16.5 Å². The van der Waals surface area contributed by atoms with E-state index in [0.29, 0.717) is 37.3 Å². The Labute approximate surface area is 216 Å². The van der Waals surface area contributed by atoms with Crippen molar-refractivity contribution in [3.8, 4) is 6.07 Å². The third-order valence-corrected chi connectivity index (χ3v) is 7.59. The average Bonchev–Trinajstić information content (AvgIpc) is 3.06. The van der Waals surface area contributed by atoms with Crippen molar-refractivity contribution < 1.29 is 18.9 Å². The molecule has 5 rings (SSSR count). The summed E-state index contributed by atoms with van der Waals surface area (Å²) in [4.78, 5) is 39.7. The summed E-state index contributed by atoms with van der Waals surface area (Å²) in [5.41, 5.74) is 1.68. The van der Waals surface area contributed by atoms with E-state index in [2.05, 4.69) is 16.0 Å². The number of rotatable bonds is 4. The second-order valence-electron chi connectivity index (χ2n) is 9.11. The molecule has 11 heteroatoms. The van der Waals surface area contributed by atoms with Crippen LogP contribution >= 0.6 is 0 Å². The minimum Gasteiger partial charge on any atom is -0.465 e. The molecule has 2 aliphatic heterocycles. The third-order valence-electron chi connectivity index (χ3n) is 6.89. The fourth-order valence-electron chi connectivity index (χ4n) is 5.15. The first-order valence-electron chi connectivity index (χ1n) is 12.0. The third kappa shape index (κ3) is 4.60. The Kier molecular flexibility index (Phi) is 6.76. The average molecular weight is 519 g/mol. The van der Waals surface area contributed by atoms with E-state index in [1.165, 1.54) is 11.2 Å². The van der Waals surface area contributed by atoms with Crippen LogP contribution in [0.25, 0.3) is 10.8 Å². The van der Waals surface area contributed by atoms with Gasteiger partial charge in [0.25, 0.3) is 5.91 Å². The van der Waals surface area contributed by atoms with Gasteiger partial charge in [-0.2, -0.15) is 5.26 Å². The number of piperazine rings is 1. The molecular formula is C26H26N6O4S. The lowest BCUT2D eigenvalue weighted by atomic mass is 10.1. The van der Waals surface area contributed by atoms with Gasteiger partial charge in [0.05, 0.1) is 35.0 Å². The van der Waals surface area contributed by atoms with Crippen molar-refractivity contribution in [1.29, 1.82) is 5.26 Å². The summed E-state index contributed by atoms with van der Waals surface area (Å²) in [5, 5.41) is 20.9. The predicted molar refractivity (Wildman–Crippen MR) is 139 cm³/mol. The lowest BCUT2D eigenvalue weighted by Crippen LogP contribution is -2.55. The van der Waals surface area contributed by atoms with Crippen molar-refractivity contribution in [2.45, 2.75) is 30.5 Å². The van der Waals surface area contributed by atoms with Gasteiger partial charge in [0.2, 0.25) is 5.16 Å². The number of hydrogen-bond donors (Lipinski definition) is 1. The summed E-state index contributed by atoms with van der Waals surface area (Å²) >= 11 is 0. The van der Waals surface area contributed by atoms with Crippen molar-refractivity contribution in [3.63, 3.8) is 0 Å². The van der Waals surface area contributed by atoms with E-state index < -0.39 is 22.9 Å². The molecule has 37 heavy (non-hydrogen) atoms. The van der Waals surface area contributed by atoms with Crippen LogP contribution in [0.15, 0.2) is 47.6 Å². The molecular weight excluding hydrogens is 492 g/mol. The maximum absolute atomic E-state index is 14.0. The zero-order chi connectivity index (χ0) is 26.1. The van der Waals surface area contributed by atoms with Crippen LogP contribution < -0.4 is 9.80 Å². The molecule has 3 aromatic rings. The van der Waals surface area contributed by atoms with Crippen LogP contribution in [-0.4, -0.2) is 74.7 Å². The first kappa shape index (κ1) is 24.6. The van der Waals surface area contributed by atoms with Gasteiger partial charge in [-0.25, -0.2) is 14.8 Å². The molecule has 10 nitrogen and oxygen atoms in total. The standard InChI is InChI=1S/C26H26N6O4S/c1-37(36)25-28-22-20(23(29-25)30-14-15-31(26(34)35)18(16-30)11-12-27)9-5-13-32(24(22)33)21-10-4-7-17-6-2-3-8-19(17)21/h2-4,6-8,10,18H,5,9,11,13-16H2,1H3,(H,34,35)/t18-,37?/m0/s1. The quantitative estimate of drug-likeness (QED) is 0.522. The number of carbonyl (C=O) groups is 2. The number of nitrogens with zero attached hydrogens (tertiary/aromatic N) is 6. The van der Waals surface area contributed by atoms with E-state index in [1.54, 1.807) is 4.90 Å². The zero-order valence-corrected chi connectivity index (χ0v) is 21.1. The van der Waals surface area contributed by atoms with Crippen molar-refractivity contribution in [2.24, 2.45) is 0 Å². The number of aromatic nitrogens is 2. The van der Waals surface area contributed by atoms with Crippen LogP contribution in [0.2, 0.25) is 0 Å². The molecule has 1 aromatic heterocycles. The van der Waals surface area contributed by atoms with Crippen LogP contribution in [0.5, 0.6) is 0 Å². The Hall–Kier alpha value is -4.04. The predicted octanol–water partition coefficient (Wildman–Crippen LogP) is 3.04. The molecule has 1 saturated heterocycles. The molecule has 2 atom stereocenters. The second kappa shape index (κ2) is 10.1. The molecule has 2 aliphatic rings. The number of amides is 2. The van der Waals surface area contributed by atoms with Crippen LogP contribution in [0.4, 0.5) is 16.3 Å². The van der Waals surface area contributed by atoms with E-state index in [4.69, 9.17) is 0 Å². The highest BCUT2D eigenvalue weighted by Crippen LogP contribution is 2.33. The Balaban J connectivity index is 1.59. The largest absolute Gasteiger partial charge is 0.465 e. The lowest BCUT2D eigenvalue weighted by molar-refractivity contribution is 0.0983. The monoisotopic (exact) mass is 518 g/mol. The maximum atomic E-state index is 14.0. The molecule has 1 fully saturated rings. The smallest absolute Gasteiger partial charge is 0.407 e. The van der Waals surface area contributed by atoms with Gasteiger partial charge in [-0.15, -0.1) is 0 Å². The molecule has 1 unspecified atom stereocenters. The second-order valence-corrected chi connectivity index (χ2v) is 10.4. The summed E-state index contributed by atoms with van der Waals surface area (Å²) in [6.07, 6.45) is 1.64. The van der Waals surface area contributed by atoms with Crippen LogP contribution in [0, 0.1) is 11.3 Å². The van der Waals surface area contributed by atoms with Crippen LogP contribution in [0.1, 0.15) is 28.9 Å². The first-order chi connectivity index (χ1) is 17.9. The number of hydrogen-bond acceptors (Lipinski definition) is 7. The van der Waals surface area contributed by atoms with Gasteiger partial charge >= 0.3 is 6.09 Å². The summed E-state index contributed by atoms with van der Waals surface area (Å²) < 4.78 is 12.5. The lowest BCUT2D eigenvalue weighted by Gasteiger charge is -2.40. The highest BCUT2D eigenvalue weighted by Gasteiger charge is 2.35. The maximum Gasteiger partial charge on any atom is 0.407 e. The Morgan fingerprint density at radius 1 is 1.16 bits per heavy atom. The van der Waals surface area contributed by atoms with E-state index >= 15 is 0 Å². The number of fused-ring (bicyclic) bond motifs is 2. The molecule has 0 bridgehead atoms. The molecule has 2 aromatic carbocycles. The van der Waals surface area contributed by atoms with Crippen LogP contribution in [-0.2, 0) is 17.2 Å². The number of nitriles is 1. The minimum atomic E-state index is -1.54. The van der Waals surface area contributed by atoms with Gasteiger partial charge in [0.15, 0.2) is 0 Å². The Morgan fingerprint density at radius 2 is 1.95 bits per heavy atom. The topological polar surface area (TPSA) is 131 Å². The summed E-state index contributed by atoms with van der Waals surface area (Å²) in [6, 6.07) is 15.3. The van der Waals surface area contributed by atoms with E-state index in [1.807, 2.05) is 47.4 Å². The van der Waals surface area contributed by atoms with E-state index in [9.17, 15) is 24.2 Å². The highest BCUT2D eigenvalue weighted by atomic mass is 32.2. The van der Waals surface area contributed by atoms with Crippen molar-refractivity contribution >= 4 is 45.1 Å². The van der Waals surface area contributed by atoms with Gasteiger partial charge in [0.1, 0.15) is 11.5 Å². The van der Waals surface area contributed by atoms with E-state index in [-0.39, 0.29) is 36.3 Å². The number of carbonyl (C=O) groups excluding carboxylic acids is 1. The molecule has 3 heterocycles. The SMILES string of the molecule is CS(=O)c1nc2c(c(N3CCN(C(=O)O)[C@@H](CC#N)C3)n1)CCCN(c1cccc3ccccc13)C2=O. The Morgan fingerprint density at radius 3 is 2.70 bits per heavy atom. The van der Waals surface area contributed by atoms with Gasteiger partial charge in [0, 0.05) is 43.4 Å². The molecule has 190 valence electrons. The highest BCUT2D eigenvalue weighted by molar-refractivity contribution is 7.84. The Bertz CT molecular complexity index is 1450. The molecule has 1 N–H and O–H groups in total. The molecule has 2 amide bonds. The van der Waals surface area contributed by atoms with Gasteiger partial charge in [-0.1, -0.05) is 36.4 Å². The molecule has 0 saturated carbocycles. The number of carboxylic acid groups (broad SMARTS) is 1. The first-order valence-corrected chi connectivity index (χ1v) is 13.6. The summed E-state index contributed by atoms with van der Waals surface area (Å²) in [5.74, 6) is 0.216.